The van der Waals surface area contributed by atoms with Crippen LogP contribution in [-0.4, -0.2) is 93.6 Å². The fraction of sp³-hybridized carbons (Fsp3) is 0.682. The Morgan fingerprint density at radius 2 is 1.22 bits per heavy atom. The average Bonchev–Trinajstić information content (AvgIpc) is 3.97. The van der Waals surface area contributed by atoms with Gasteiger partial charge in [0.05, 0.1) is 24.0 Å². The molecule has 4 saturated heterocycles. The van der Waals surface area contributed by atoms with E-state index in [2.05, 4.69) is 35.9 Å². The van der Waals surface area contributed by atoms with Gasteiger partial charge in [-0.1, -0.05) is 49.3 Å². The zero-order chi connectivity index (χ0) is 41.8. The number of ether oxygens (including phenoxy) is 4. The van der Waals surface area contributed by atoms with E-state index in [1.165, 1.54) is 0 Å². The van der Waals surface area contributed by atoms with Crippen LogP contribution in [0.5, 0.6) is 0 Å². The lowest BCUT2D eigenvalue weighted by Gasteiger charge is -2.38. The standard InChI is InChI=1S/C44H60N2O12/c1-26-30-14-12-28(10-8-20-42(3)38(57-42)36(30)55-40(26)53)24-44(46-33(48)17-19-35(51)52,22-6-5-7-23-45-32(47)16-18-34(49)50)25-29-11-9-21-43(4)39(58-43)37-31(15-13-29)27(2)41(54)56-37/h10-11,30-31,36-39H,1-2,5-9,12-25H2,3-4H3,(H,45,47)(H,46,48)(H,49,50)(H,51,52)/b28-10+,29-11+/t30-,31-,36-,37-,38-,39-,42+,43+/m0/s1. The minimum absolute atomic E-state index is 0.0899. The Balaban J connectivity index is 1.27. The van der Waals surface area contributed by atoms with Crippen LogP contribution < -0.4 is 10.6 Å². The van der Waals surface area contributed by atoms with E-state index in [1.54, 1.807) is 0 Å². The van der Waals surface area contributed by atoms with E-state index < -0.39 is 52.8 Å². The van der Waals surface area contributed by atoms with E-state index in [0.717, 1.165) is 36.8 Å². The molecular formula is C44H60N2O12. The zero-order valence-electron chi connectivity index (χ0n) is 33.9. The lowest BCUT2D eigenvalue weighted by atomic mass is 9.75. The summed E-state index contributed by atoms with van der Waals surface area (Å²) in [4.78, 5) is 73.9. The first-order valence-electron chi connectivity index (χ1n) is 21.0. The molecule has 0 saturated carbocycles. The monoisotopic (exact) mass is 808 g/mol. The zero-order valence-corrected chi connectivity index (χ0v) is 33.9. The average molecular weight is 809 g/mol. The fourth-order valence-electron chi connectivity index (χ4n) is 9.70. The smallest absolute Gasteiger partial charge is 0.334 e. The number of carboxylic acid groups (broad SMARTS) is 2. The summed E-state index contributed by atoms with van der Waals surface area (Å²) < 4.78 is 23.9. The predicted molar refractivity (Wildman–Crippen MR) is 210 cm³/mol. The number of allylic oxidation sites excluding steroid dienone is 2. The normalized spacial score (nSPS) is 34.4. The van der Waals surface area contributed by atoms with Crippen molar-refractivity contribution < 1.29 is 57.9 Å². The van der Waals surface area contributed by atoms with Gasteiger partial charge < -0.3 is 39.8 Å². The van der Waals surface area contributed by atoms with E-state index >= 15 is 0 Å². The van der Waals surface area contributed by atoms with Crippen molar-refractivity contribution in [3.8, 4) is 0 Å². The van der Waals surface area contributed by atoms with Gasteiger partial charge in [-0.15, -0.1) is 0 Å². The summed E-state index contributed by atoms with van der Waals surface area (Å²) in [5.41, 5.74) is 1.45. The van der Waals surface area contributed by atoms with Crippen LogP contribution in [0.3, 0.4) is 0 Å². The molecule has 0 aromatic heterocycles. The van der Waals surface area contributed by atoms with Crippen LogP contribution in [0.25, 0.3) is 0 Å². The maximum Gasteiger partial charge on any atom is 0.334 e. The molecule has 2 amide bonds. The molecule has 14 heteroatoms. The number of hydrogen-bond acceptors (Lipinski definition) is 10. The van der Waals surface area contributed by atoms with Crippen LogP contribution in [0.1, 0.15) is 129 Å². The number of carbonyl (C=O) groups excluding carboxylic acids is 4. The molecule has 0 unspecified atom stereocenters. The summed E-state index contributed by atoms with van der Waals surface area (Å²) in [7, 11) is 0. The summed E-state index contributed by atoms with van der Waals surface area (Å²) in [5.74, 6) is -3.98. The van der Waals surface area contributed by atoms with Gasteiger partial charge in [0.25, 0.3) is 0 Å². The number of nitrogens with one attached hydrogen (secondary N) is 2. The Morgan fingerprint density at radius 3 is 1.71 bits per heavy atom. The number of aliphatic carboxylic acids is 2. The molecule has 318 valence electrons. The predicted octanol–water partition coefficient (Wildman–Crippen LogP) is 5.54. The van der Waals surface area contributed by atoms with E-state index in [-0.39, 0.29) is 61.5 Å². The highest BCUT2D eigenvalue weighted by atomic mass is 16.7. The third kappa shape index (κ3) is 10.5. The number of epoxide rings is 2. The maximum atomic E-state index is 13.8. The first-order chi connectivity index (χ1) is 27.5. The summed E-state index contributed by atoms with van der Waals surface area (Å²) in [5, 5.41) is 24.6. The lowest BCUT2D eigenvalue weighted by Crippen LogP contribution is -2.49. The lowest BCUT2D eigenvalue weighted by molar-refractivity contribution is -0.140. The van der Waals surface area contributed by atoms with Crippen LogP contribution in [0.4, 0.5) is 0 Å². The quantitative estimate of drug-likeness (QED) is 0.0470. The van der Waals surface area contributed by atoms with E-state index in [4.69, 9.17) is 24.1 Å². The van der Waals surface area contributed by atoms with Crippen LogP contribution >= 0.6 is 0 Å². The summed E-state index contributed by atoms with van der Waals surface area (Å²) in [6.45, 7) is 12.6. The van der Waals surface area contributed by atoms with Crippen molar-refractivity contribution >= 4 is 35.7 Å². The highest BCUT2D eigenvalue weighted by Crippen LogP contribution is 2.52. The number of amides is 2. The molecule has 6 aliphatic rings. The number of esters is 2. The van der Waals surface area contributed by atoms with Crippen molar-refractivity contribution in [3.63, 3.8) is 0 Å². The Labute approximate surface area is 340 Å². The fourth-order valence-corrected chi connectivity index (χ4v) is 9.70. The molecule has 0 radical (unpaired) electrons. The molecule has 58 heavy (non-hydrogen) atoms. The van der Waals surface area contributed by atoms with Crippen LogP contribution in [0.2, 0.25) is 0 Å². The molecule has 4 aliphatic heterocycles. The minimum Gasteiger partial charge on any atom is -0.481 e. The van der Waals surface area contributed by atoms with E-state index in [0.29, 0.717) is 81.9 Å². The molecule has 8 atom stereocenters. The van der Waals surface area contributed by atoms with Gasteiger partial charge in [-0.2, -0.15) is 0 Å². The number of fused-ring (bicyclic) bond motifs is 6. The number of hydrogen-bond donors (Lipinski definition) is 4. The molecule has 4 N–H and O–H groups in total. The second-order valence-electron chi connectivity index (χ2n) is 17.7. The van der Waals surface area contributed by atoms with Gasteiger partial charge in [-0.3, -0.25) is 19.2 Å². The van der Waals surface area contributed by atoms with Crippen LogP contribution in [0.15, 0.2) is 47.6 Å². The maximum absolute atomic E-state index is 13.8. The molecule has 4 heterocycles. The Bertz CT molecular complexity index is 1660. The number of rotatable bonds is 17. The minimum atomic E-state index is -1.06. The first kappa shape index (κ1) is 43.3. The molecule has 2 aliphatic carbocycles. The molecule has 0 aromatic carbocycles. The van der Waals surface area contributed by atoms with Crippen molar-refractivity contribution in [3.05, 3.63) is 47.6 Å². The summed E-state index contributed by atoms with van der Waals surface area (Å²) in [6, 6.07) is 0. The molecule has 6 rings (SSSR count). The number of carboxylic acids is 2. The number of unbranched alkanes of at least 4 members (excludes halogenated alkanes) is 2. The van der Waals surface area contributed by atoms with Gasteiger partial charge >= 0.3 is 23.9 Å². The molecule has 4 fully saturated rings. The largest absolute Gasteiger partial charge is 0.481 e. The topological polar surface area (TPSA) is 210 Å². The molecular weight excluding hydrogens is 748 g/mol. The third-order valence-corrected chi connectivity index (χ3v) is 13.2. The van der Waals surface area contributed by atoms with Crippen molar-refractivity contribution in [2.45, 2.75) is 171 Å². The number of carbonyl (C=O) groups is 6. The van der Waals surface area contributed by atoms with Crippen molar-refractivity contribution in [2.75, 3.05) is 6.54 Å². The Kier molecular flexibility index (Phi) is 13.4. The van der Waals surface area contributed by atoms with E-state index in [9.17, 15) is 33.9 Å². The van der Waals surface area contributed by atoms with Gasteiger partial charge in [0.15, 0.2) is 0 Å². The van der Waals surface area contributed by atoms with Crippen LogP contribution in [-0.2, 0) is 47.7 Å². The molecule has 0 bridgehead atoms. The van der Waals surface area contributed by atoms with Gasteiger partial charge in [-0.05, 0) is 90.9 Å². The highest BCUT2D eigenvalue weighted by Gasteiger charge is 2.62. The third-order valence-electron chi connectivity index (χ3n) is 13.2. The second-order valence-corrected chi connectivity index (χ2v) is 17.7. The van der Waals surface area contributed by atoms with Gasteiger partial charge in [0.1, 0.15) is 24.4 Å². The van der Waals surface area contributed by atoms with Crippen molar-refractivity contribution in [2.24, 2.45) is 11.8 Å². The van der Waals surface area contributed by atoms with Crippen molar-refractivity contribution in [1.29, 1.82) is 0 Å². The second kappa shape index (κ2) is 17.9. The Morgan fingerprint density at radius 1 is 0.741 bits per heavy atom. The first-order valence-corrected chi connectivity index (χ1v) is 21.0. The Hall–Kier alpha value is -4.30. The summed E-state index contributed by atoms with van der Waals surface area (Å²) in [6.07, 6.45) is 11.4. The van der Waals surface area contributed by atoms with Gasteiger partial charge in [0.2, 0.25) is 11.8 Å². The molecule has 14 nitrogen and oxygen atoms in total. The van der Waals surface area contributed by atoms with Crippen molar-refractivity contribution in [1.82, 2.24) is 10.6 Å². The van der Waals surface area contributed by atoms with Gasteiger partial charge in [-0.25, -0.2) is 9.59 Å². The SMILES string of the molecule is C=C1C(=O)O[C@H]2[C@H]1CC/C(CC(CCCCCNC(=O)CCC(=O)O)(C/C1=C/CC[C@@]3(C)O[C@H]3[C@H]3OC(=O)C(=C)[C@@H]3CC1)NC(=O)CCC(=O)O)=C\CC[C@@]1(C)O[C@@H]21. The molecule has 0 aromatic rings. The molecule has 0 spiro atoms. The summed E-state index contributed by atoms with van der Waals surface area (Å²) >= 11 is 0. The highest BCUT2D eigenvalue weighted by molar-refractivity contribution is 5.91. The van der Waals surface area contributed by atoms with E-state index in [1.807, 2.05) is 13.8 Å². The van der Waals surface area contributed by atoms with Crippen LogP contribution in [0, 0.1) is 11.8 Å². The van der Waals surface area contributed by atoms with Gasteiger partial charge in [0, 0.05) is 47.9 Å².